The minimum atomic E-state index is -0.746. The van der Waals surface area contributed by atoms with E-state index in [2.05, 4.69) is 10.6 Å². The van der Waals surface area contributed by atoms with Gasteiger partial charge in [-0.15, -0.1) is 0 Å². The summed E-state index contributed by atoms with van der Waals surface area (Å²) in [5.74, 6) is -2.59. The molecule has 0 atom stereocenters. The summed E-state index contributed by atoms with van der Waals surface area (Å²) in [6.45, 7) is 0. The summed E-state index contributed by atoms with van der Waals surface area (Å²) in [5.41, 5.74) is -0.183. The Morgan fingerprint density at radius 3 is 1.18 bits per heavy atom. The Hall–Kier alpha value is -3.10. The molecule has 5 rings (SSSR count). The average molecular weight is 653 g/mol. The normalized spacial score (nSPS) is 12.1. The first-order valence-corrected chi connectivity index (χ1v) is 13.5. The molecule has 4 aromatic rings. The standard InChI is InChI=1S/C28H12Cl6N2O4/c29-11-7-15(31)21(16(32)8-11)27(39)35-19-5-6-20(36-28(40)22-17(33)9-12(30)10-18(22)34)24-23(19)25(37)13-3-1-2-4-14(13)26(24)38/h1-10H,(H,35,39)(H,36,40). The number of hydrogen-bond acceptors (Lipinski definition) is 4. The molecule has 4 aromatic carbocycles. The lowest BCUT2D eigenvalue weighted by Crippen LogP contribution is -2.26. The van der Waals surface area contributed by atoms with Crippen LogP contribution in [-0.4, -0.2) is 23.4 Å². The third-order valence-corrected chi connectivity index (χ3v) is 7.67. The monoisotopic (exact) mass is 650 g/mol. The molecule has 6 nitrogen and oxygen atoms in total. The first-order valence-electron chi connectivity index (χ1n) is 11.2. The van der Waals surface area contributed by atoms with Crippen LogP contribution in [0.3, 0.4) is 0 Å². The third kappa shape index (κ3) is 5.07. The Kier molecular flexibility index (Phi) is 7.86. The van der Waals surface area contributed by atoms with E-state index < -0.39 is 23.4 Å². The Balaban J connectivity index is 1.63. The number of benzene rings is 4. The molecule has 0 unspecified atom stereocenters. The second-order valence-corrected chi connectivity index (χ2v) is 11.0. The van der Waals surface area contributed by atoms with Crippen LogP contribution in [0.2, 0.25) is 30.1 Å². The van der Waals surface area contributed by atoms with E-state index in [4.69, 9.17) is 69.6 Å². The molecule has 0 saturated carbocycles. The van der Waals surface area contributed by atoms with Crippen LogP contribution in [0.4, 0.5) is 11.4 Å². The molecule has 1 aliphatic rings. The molecule has 40 heavy (non-hydrogen) atoms. The summed E-state index contributed by atoms with van der Waals surface area (Å²) in [4.78, 5) is 53.8. The van der Waals surface area contributed by atoms with Crippen LogP contribution in [0.5, 0.6) is 0 Å². The van der Waals surface area contributed by atoms with Crippen molar-refractivity contribution in [1.29, 1.82) is 0 Å². The Morgan fingerprint density at radius 1 is 0.525 bits per heavy atom. The fourth-order valence-corrected chi connectivity index (χ4v) is 6.30. The molecule has 12 heteroatoms. The van der Waals surface area contributed by atoms with E-state index in [-0.39, 0.29) is 74.9 Å². The van der Waals surface area contributed by atoms with Gasteiger partial charge in [0.2, 0.25) is 0 Å². The fourth-order valence-electron chi connectivity index (χ4n) is 4.32. The van der Waals surface area contributed by atoms with Gasteiger partial charge < -0.3 is 10.6 Å². The van der Waals surface area contributed by atoms with Crippen LogP contribution in [-0.2, 0) is 0 Å². The lowest BCUT2D eigenvalue weighted by Gasteiger charge is -2.23. The van der Waals surface area contributed by atoms with Crippen LogP contribution in [0.15, 0.2) is 60.7 Å². The maximum atomic E-state index is 13.7. The quantitative estimate of drug-likeness (QED) is 0.203. The van der Waals surface area contributed by atoms with Gasteiger partial charge in [-0.1, -0.05) is 93.9 Å². The van der Waals surface area contributed by atoms with Crippen LogP contribution >= 0.6 is 69.6 Å². The van der Waals surface area contributed by atoms with Crippen LogP contribution < -0.4 is 10.6 Å². The van der Waals surface area contributed by atoms with Crippen molar-refractivity contribution in [2.24, 2.45) is 0 Å². The van der Waals surface area contributed by atoms with Crippen molar-refractivity contribution < 1.29 is 19.2 Å². The highest BCUT2D eigenvalue weighted by Gasteiger charge is 2.35. The molecule has 0 aliphatic heterocycles. The number of ketones is 2. The number of hydrogen-bond donors (Lipinski definition) is 2. The van der Waals surface area contributed by atoms with Gasteiger partial charge in [-0.25, -0.2) is 0 Å². The van der Waals surface area contributed by atoms with E-state index in [0.717, 1.165) is 0 Å². The molecule has 0 bridgehead atoms. The number of anilines is 2. The van der Waals surface area contributed by atoms with Crippen molar-refractivity contribution in [1.82, 2.24) is 0 Å². The van der Waals surface area contributed by atoms with Gasteiger partial charge in [0.15, 0.2) is 11.6 Å². The topological polar surface area (TPSA) is 92.3 Å². The predicted octanol–water partition coefficient (Wildman–Crippen LogP) is 8.89. The van der Waals surface area contributed by atoms with Gasteiger partial charge in [-0.05, 0) is 36.4 Å². The molecule has 0 radical (unpaired) electrons. The highest BCUT2D eigenvalue weighted by molar-refractivity contribution is 6.44. The lowest BCUT2D eigenvalue weighted by molar-refractivity contribution is 0.0977. The van der Waals surface area contributed by atoms with Crippen molar-refractivity contribution in [2.75, 3.05) is 10.6 Å². The third-order valence-electron chi connectivity index (χ3n) is 6.04. The number of amides is 2. The summed E-state index contributed by atoms with van der Waals surface area (Å²) >= 11 is 36.7. The largest absolute Gasteiger partial charge is 0.321 e. The van der Waals surface area contributed by atoms with Gasteiger partial charge in [0.05, 0.1) is 53.7 Å². The number of rotatable bonds is 4. The van der Waals surface area contributed by atoms with Gasteiger partial charge in [0.1, 0.15) is 0 Å². The Morgan fingerprint density at radius 2 is 0.850 bits per heavy atom. The molecular formula is C28H12Cl6N2O4. The minimum Gasteiger partial charge on any atom is -0.321 e. The highest BCUT2D eigenvalue weighted by atomic mass is 35.5. The number of carbonyl (C=O) groups excluding carboxylic acids is 4. The summed E-state index contributed by atoms with van der Waals surface area (Å²) in [5, 5.41) is 5.61. The zero-order valence-electron chi connectivity index (χ0n) is 19.7. The molecule has 200 valence electrons. The number of halogens is 6. The number of carbonyl (C=O) groups is 4. The fraction of sp³-hybridized carbons (Fsp3) is 0. The second-order valence-electron chi connectivity index (χ2n) is 8.51. The van der Waals surface area contributed by atoms with E-state index in [1.807, 2.05) is 0 Å². The van der Waals surface area contributed by atoms with E-state index >= 15 is 0 Å². The molecule has 1 aliphatic carbocycles. The van der Waals surface area contributed by atoms with E-state index in [1.165, 1.54) is 48.5 Å². The predicted molar refractivity (Wildman–Crippen MR) is 159 cm³/mol. The van der Waals surface area contributed by atoms with E-state index in [0.29, 0.717) is 0 Å². The molecule has 0 heterocycles. The lowest BCUT2D eigenvalue weighted by atomic mass is 9.82. The zero-order valence-corrected chi connectivity index (χ0v) is 24.2. The molecule has 0 saturated heterocycles. The van der Waals surface area contributed by atoms with Crippen molar-refractivity contribution in [2.45, 2.75) is 0 Å². The minimum absolute atomic E-state index is 0.00417. The van der Waals surface area contributed by atoms with Crippen LogP contribution in [0.25, 0.3) is 0 Å². The maximum Gasteiger partial charge on any atom is 0.258 e. The summed E-state index contributed by atoms with van der Waals surface area (Å²) in [6.07, 6.45) is 0. The molecular weight excluding hydrogens is 641 g/mol. The number of nitrogens with one attached hydrogen (secondary N) is 2. The van der Waals surface area contributed by atoms with Gasteiger partial charge in [0, 0.05) is 21.2 Å². The molecule has 0 aromatic heterocycles. The molecule has 0 fully saturated rings. The molecule has 2 amide bonds. The van der Waals surface area contributed by atoms with Crippen LogP contribution in [0.1, 0.15) is 52.6 Å². The summed E-state index contributed by atoms with van der Waals surface area (Å²) in [7, 11) is 0. The maximum absolute atomic E-state index is 13.7. The highest BCUT2D eigenvalue weighted by Crippen LogP contribution is 2.38. The Labute approximate surface area is 257 Å². The SMILES string of the molecule is O=C(Nc1ccc(NC(=O)c2c(Cl)cc(Cl)cc2Cl)c2c1C(=O)c1ccccc1C2=O)c1c(Cl)cc(Cl)cc1Cl. The Bertz CT molecular complexity index is 1630. The summed E-state index contributed by atoms with van der Waals surface area (Å²) in [6, 6.07) is 14.3. The molecule has 2 N–H and O–H groups in total. The van der Waals surface area contributed by atoms with E-state index in [1.54, 1.807) is 12.1 Å². The van der Waals surface area contributed by atoms with Crippen molar-refractivity contribution in [3.63, 3.8) is 0 Å². The first kappa shape index (κ1) is 28.4. The van der Waals surface area contributed by atoms with Gasteiger partial charge in [0.25, 0.3) is 11.8 Å². The van der Waals surface area contributed by atoms with E-state index in [9.17, 15) is 19.2 Å². The van der Waals surface area contributed by atoms with Gasteiger partial charge in [-0.3, -0.25) is 19.2 Å². The first-order chi connectivity index (χ1) is 19.0. The van der Waals surface area contributed by atoms with Crippen molar-refractivity contribution >= 4 is 104 Å². The smallest absolute Gasteiger partial charge is 0.258 e. The average Bonchev–Trinajstić information content (AvgIpc) is 2.86. The molecule has 0 spiro atoms. The van der Waals surface area contributed by atoms with Gasteiger partial charge >= 0.3 is 0 Å². The van der Waals surface area contributed by atoms with Gasteiger partial charge in [-0.2, -0.15) is 0 Å². The second kappa shape index (κ2) is 11.1. The summed E-state index contributed by atoms with van der Waals surface area (Å²) < 4.78 is 0. The zero-order chi connectivity index (χ0) is 28.9. The number of fused-ring (bicyclic) bond motifs is 2. The van der Waals surface area contributed by atoms with Crippen molar-refractivity contribution in [3.05, 3.63) is 124 Å². The van der Waals surface area contributed by atoms with Crippen LogP contribution in [0, 0.1) is 0 Å². The van der Waals surface area contributed by atoms with Crippen molar-refractivity contribution in [3.8, 4) is 0 Å².